The SMILES string of the molecule is CC1=C2c3c(cccc3C(C)(C)C)[CH]1[Zr]([CH3])([CH3])[CH]1C(C)=C(c3c1cccc3C(C)(C)C)[Si]2(C)C. The topological polar surface area (TPSA) is 0 Å². The van der Waals surface area contributed by atoms with Crippen molar-refractivity contribution in [2.45, 2.75) is 95.8 Å². The molecule has 0 spiro atoms. The Morgan fingerprint density at radius 1 is 0.647 bits per heavy atom. The third-order valence-electron chi connectivity index (χ3n) is 9.32. The van der Waals surface area contributed by atoms with Gasteiger partial charge in [0.25, 0.3) is 0 Å². The molecule has 0 N–H and O–H groups in total. The minimum atomic E-state index is -2.77. The van der Waals surface area contributed by atoms with Gasteiger partial charge in [0.1, 0.15) is 0 Å². The predicted molar refractivity (Wildman–Crippen MR) is 150 cm³/mol. The summed E-state index contributed by atoms with van der Waals surface area (Å²) in [7, 11) is -1.97. The quantitative estimate of drug-likeness (QED) is 0.288. The molecule has 2 atom stereocenters. The Bertz CT molecular complexity index is 1190. The van der Waals surface area contributed by atoms with Crippen molar-refractivity contribution in [1.82, 2.24) is 0 Å². The molecule has 5 rings (SSSR count). The summed E-state index contributed by atoms with van der Waals surface area (Å²) in [6.45, 7) is 24.9. The van der Waals surface area contributed by atoms with Crippen molar-refractivity contribution >= 4 is 18.5 Å². The van der Waals surface area contributed by atoms with Crippen molar-refractivity contribution in [1.29, 1.82) is 0 Å². The van der Waals surface area contributed by atoms with Gasteiger partial charge in [-0.05, 0) is 0 Å². The van der Waals surface area contributed by atoms with E-state index in [4.69, 9.17) is 0 Å². The van der Waals surface area contributed by atoms with Crippen LogP contribution in [-0.2, 0) is 31.1 Å². The molecule has 34 heavy (non-hydrogen) atoms. The van der Waals surface area contributed by atoms with E-state index in [0.717, 1.165) is 0 Å². The van der Waals surface area contributed by atoms with Crippen LogP contribution >= 0.6 is 0 Å². The van der Waals surface area contributed by atoms with E-state index in [1.165, 1.54) is 0 Å². The van der Waals surface area contributed by atoms with Gasteiger partial charge < -0.3 is 0 Å². The molecule has 0 aromatic heterocycles. The van der Waals surface area contributed by atoms with Crippen molar-refractivity contribution < 1.29 is 20.3 Å². The Morgan fingerprint density at radius 3 is 1.32 bits per heavy atom. The van der Waals surface area contributed by atoms with Crippen LogP contribution < -0.4 is 0 Å². The van der Waals surface area contributed by atoms with Crippen molar-refractivity contribution in [3.05, 3.63) is 80.9 Å². The van der Waals surface area contributed by atoms with Crippen LogP contribution in [0.2, 0.25) is 22.4 Å². The van der Waals surface area contributed by atoms with Crippen LogP contribution in [0, 0.1) is 0 Å². The van der Waals surface area contributed by atoms with Gasteiger partial charge in [-0.2, -0.15) is 0 Å². The molecule has 0 nitrogen and oxygen atoms in total. The minimum absolute atomic E-state index is 0.154. The fourth-order valence-electron chi connectivity index (χ4n) is 8.40. The average Bonchev–Trinajstić information content (AvgIpc) is 3.17. The molecule has 0 amide bonds. The predicted octanol–water partition coefficient (Wildman–Crippen LogP) is 9.69. The first-order valence-corrected chi connectivity index (χ1v) is 24.0. The maximum absolute atomic E-state index is 2.77. The molecule has 2 heteroatoms. The third kappa shape index (κ3) is 3.10. The van der Waals surface area contributed by atoms with E-state index < -0.39 is 28.3 Å². The van der Waals surface area contributed by atoms with E-state index in [-0.39, 0.29) is 10.8 Å². The molecular formula is C32H44SiZr. The van der Waals surface area contributed by atoms with Crippen LogP contribution in [-0.4, -0.2) is 8.07 Å². The second-order valence-corrected chi connectivity index (χ2v) is 30.5. The summed E-state index contributed by atoms with van der Waals surface area (Å²) in [5.41, 5.74) is 13.7. The number of allylic oxidation sites excluding steroid dienone is 2. The second-order valence-electron chi connectivity index (χ2n) is 14.5. The second kappa shape index (κ2) is 7.29. The standard InChI is InChI=1S/C30H38Si.2CH3.Zr/c1-19-17-21-13-11-15-23(29(3,4)5)25(21)27(19)31(9,10)28-20(2)18-22-14-12-16-24(26(22)28)30(6,7)8;;;/h11-18H,1-10H3;2*1H3;. The zero-order valence-corrected chi connectivity index (χ0v) is 27.1. The van der Waals surface area contributed by atoms with E-state index in [0.29, 0.717) is 7.25 Å². The van der Waals surface area contributed by atoms with Gasteiger partial charge in [-0.15, -0.1) is 0 Å². The van der Waals surface area contributed by atoms with Gasteiger partial charge in [-0.25, -0.2) is 0 Å². The summed E-state index contributed by atoms with van der Waals surface area (Å²) in [5.74, 6) is 0. The molecule has 2 aliphatic carbocycles. The molecule has 2 unspecified atom stereocenters. The summed E-state index contributed by atoms with van der Waals surface area (Å²) in [6, 6.07) is 14.6. The molecule has 1 aliphatic heterocycles. The molecule has 2 aromatic carbocycles. The molecule has 0 radical (unpaired) electrons. The molecule has 1 heterocycles. The molecule has 3 aliphatic rings. The number of rotatable bonds is 0. The Morgan fingerprint density at radius 2 is 1.00 bits per heavy atom. The zero-order valence-electron chi connectivity index (χ0n) is 23.6. The van der Waals surface area contributed by atoms with Crippen molar-refractivity contribution in [3.63, 3.8) is 0 Å². The maximum atomic E-state index is 2.77. The number of fused-ring (bicyclic) bond motifs is 8. The first-order chi connectivity index (χ1) is 15.5. The van der Waals surface area contributed by atoms with E-state index in [9.17, 15) is 0 Å². The van der Waals surface area contributed by atoms with Gasteiger partial charge in [-0.3, -0.25) is 0 Å². The van der Waals surface area contributed by atoms with E-state index in [1.807, 2.05) is 0 Å². The number of benzene rings is 2. The summed E-state index contributed by atoms with van der Waals surface area (Å²) >= 11 is -2.77. The van der Waals surface area contributed by atoms with E-state index in [2.05, 4.69) is 114 Å². The fraction of sp³-hybridized carbons (Fsp3) is 0.500. The molecule has 0 saturated heterocycles. The first-order valence-electron chi connectivity index (χ1n) is 13.2. The Hall–Kier alpha value is -0.980. The third-order valence-corrected chi connectivity index (χ3v) is 24.1. The number of hydrogen-bond donors (Lipinski definition) is 0. The number of hydrogen-bond acceptors (Lipinski definition) is 0. The molecule has 4 bridgehead atoms. The van der Waals surface area contributed by atoms with Crippen LogP contribution in [0.3, 0.4) is 0 Å². The van der Waals surface area contributed by atoms with E-state index in [1.54, 1.807) is 54.9 Å². The Balaban J connectivity index is 1.94. The Labute approximate surface area is 214 Å². The molecular weight excluding hydrogens is 504 g/mol. The summed E-state index contributed by atoms with van der Waals surface area (Å²) in [4.78, 5) is 0. The van der Waals surface area contributed by atoms with Crippen LogP contribution in [0.5, 0.6) is 0 Å². The van der Waals surface area contributed by atoms with Gasteiger partial charge in [-0.1, -0.05) is 0 Å². The van der Waals surface area contributed by atoms with E-state index >= 15 is 0 Å². The average molecular weight is 548 g/mol. The van der Waals surface area contributed by atoms with Crippen LogP contribution in [0.15, 0.2) is 47.5 Å². The molecule has 0 fully saturated rings. The molecule has 2 aromatic rings. The first kappa shape index (κ1) is 24.7. The summed E-state index contributed by atoms with van der Waals surface area (Å²) in [6.07, 6.45) is 0. The monoisotopic (exact) mass is 546 g/mol. The van der Waals surface area contributed by atoms with Gasteiger partial charge >= 0.3 is 215 Å². The van der Waals surface area contributed by atoms with Gasteiger partial charge in [0.15, 0.2) is 0 Å². The van der Waals surface area contributed by atoms with Crippen LogP contribution in [0.4, 0.5) is 0 Å². The summed E-state index contributed by atoms with van der Waals surface area (Å²) < 4.78 is 6.89. The Kier molecular flexibility index (Phi) is 5.30. The van der Waals surface area contributed by atoms with Crippen molar-refractivity contribution in [2.24, 2.45) is 0 Å². The van der Waals surface area contributed by atoms with Crippen LogP contribution in [0.25, 0.3) is 10.4 Å². The van der Waals surface area contributed by atoms with Gasteiger partial charge in [0, 0.05) is 0 Å². The normalized spacial score (nSPS) is 24.7. The van der Waals surface area contributed by atoms with Crippen molar-refractivity contribution in [2.75, 3.05) is 0 Å². The van der Waals surface area contributed by atoms with Crippen LogP contribution in [0.1, 0.15) is 96.0 Å². The van der Waals surface area contributed by atoms with Crippen molar-refractivity contribution in [3.8, 4) is 0 Å². The molecule has 180 valence electrons. The zero-order chi connectivity index (χ0) is 25.2. The summed E-state index contributed by atoms with van der Waals surface area (Å²) in [5, 5.41) is 3.57. The van der Waals surface area contributed by atoms with Gasteiger partial charge in [0.05, 0.1) is 0 Å². The molecule has 0 saturated carbocycles. The fourth-order valence-corrected chi connectivity index (χ4v) is 25.6. The van der Waals surface area contributed by atoms with Gasteiger partial charge in [0.2, 0.25) is 0 Å².